The molecule has 1 aromatic rings. The third-order valence-corrected chi connectivity index (χ3v) is 7.23. The molecule has 1 spiro atoms. The summed E-state index contributed by atoms with van der Waals surface area (Å²) in [5, 5.41) is 7.33. The first kappa shape index (κ1) is 19.7. The van der Waals surface area contributed by atoms with Gasteiger partial charge in [0.15, 0.2) is 0 Å². The van der Waals surface area contributed by atoms with E-state index in [4.69, 9.17) is 9.73 Å². The molecule has 4 heterocycles. The molecule has 0 amide bonds. The summed E-state index contributed by atoms with van der Waals surface area (Å²) >= 11 is 1.86. The summed E-state index contributed by atoms with van der Waals surface area (Å²) < 4.78 is 6.00. The lowest BCUT2D eigenvalue weighted by Gasteiger charge is -2.40. The van der Waals surface area contributed by atoms with Crippen LogP contribution in [0.3, 0.4) is 0 Å². The second kappa shape index (κ2) is 8.46. The molecule has 30 heavy (non-hydrogen) atoms. The monoisotopic (exact) mass is 420 g/mol. The second-order valence-corrected chi connectivity index (χ2v) is 9.51. The van der Waals surface area contributed by atoms with Gasteiger partial charge in [0.05, 0.1) is 18.6 Å². The lowest BCUT2D eigenvalue weighted by atomic mass is 9.78. The Bertz CT molecular complexity index is 936. The van der Waals surface area contributed by atoms with E-state index in [9.17, 15) is 0 Å². The molecule has 156 valence electrons. The molecule has 6 heteroatoms. The third kappa shape index (κ3) is 3.87. The smallest absolute Gasteiger partial charge is 0.116 e. The molecule has 0 saturated carbocycles. The summed E-state index contributed by atoms with van der Waals surface area (Å²) in [4.78, 5) is 8.59. The summed E-state index contributed by atoms with van der Waals surface area (Å²) in [6.07, 6.45) is 13.1. The van der Waals surface area contributed by atoms with Gasteiger partial charge in [0.1, 0.15) is 11.2 Å². The summed E-state index contributed by atoms with van der Waals surface area (Å²) in [5.41, 5.74) is 2.33. The van der Waals surface area contributed by atoms with Crippen LogP contribution in [0.5, 0.6) is 0 Å². The van der Waals surface area contributed by atoms with E-state index < -0.39 is 0 Å². The topological polar surface area (TPSA) is 48.9 Å². The van der Waals surface area contributed by atoms with Crippen LogP contribution in [0.2, 0.25) is 0 Å². The van der Waals surface area contributed by atoms with Crippen molar-refractivity contribution in [3.05, 3.63) is 82.7 Å². The third-order valence-electron chi connectivity index (χ3n) is 6.01. The van der Waals surface area contributed by atoms with Gasteiger partial charge in [-0.15, -0.1) is 11.8 Å². The van der Waals surface area contributed by atoms with Gasteiger partial charge in [-0.1, -0.05) is 42.5 Å². The Morgan fingerprint density at radius 3 is 3.07 bits per heavy atom. The molecule has 4 aliphatic rings. The lowest BCUT2D eigenvalue weighted by molar-refractivity contribution is 0.0775. The maximum absolute atomic E-state index is 6.00. The first-order valence-electron chi connectivity index (χ1n) is 10.6. The van der Waals surface area contributed by atoms with Crippen LogP contribution in [0, 0.1) is 5.41 Å². The van der Waals surface area contributed by atoms with Crippen LogP contribution in [0.25, 0.3) is 0 Å². The van der Waals surface area contributed by atoms with Crippen molar-refractivity contribution in [1.82, 2.24) is 15.5 Å². The van der Waals surface area contributed by atoms with Gasteiger partial charge >= 0.3 is 0 Å². The number of hydrogen-bond donors (Lipinski definition) is 2. The van der Waals surface area contributed by atoms with Crippen LogP contribution in [0.15, 0.2) is 82.1 Å². The van der Waals surface area contributed by atoms with E-state index >= 15 is 0 Å². The van der Waals surface area contributed by atoms with Gasteiger partial charge in [0, 0.05) is 38.1 Å². The van der Waals surface area contributed by atoms with Crippen molar-refractivity contribution >= 4 is 18.0 Å². The van der Waals surface area contributed by atoms with Crippen molar-refractivity contribution in [1.29, 1.82) is 0 Å². The van der Waals surface area contributed by atoms with Crippen molar-refractivity contribution in [2.75, 3.05) is 26.2 Å². The van der Waals surface area contributed by atoms with Crippen LogP contribution in [-0.2, 0) is 11.3 Å². The van der Waals surface area contributed by atoms with Gasteiger partial charge < -0.3 is 20.3 Å². The number of allylic oxidation sites excluding steroid dienone is 3. The van der Waals surface area contributed by atoms with Crippen molar-refractivity contribution in [3.8, 4) is 0 Å². The van der Waals surface area contributed by atoms with Crippen LogP contribution in [0.4, 0.5) is 0 Å². The highest BCUT2D eigenvalue weighted by Gasteiger charge is 2.45. The number of nitrogens with one attached hydrogen (secondary N) is 2. The normalized spacial score (nSPS) is 29.9. The number of piperazine rings is 1. The summed E-state index contributed by atoms with van der Waals surface area (Å²) in [6, 6.07) is 10.7. The highest BCUT2D eigenvalue weighted by atomic mass is 32.2. The van der Waals surface area contributed by atoms with Crippen molar-refractivity contribution < 1.29 is 4.74 Å². The minimum atomic E-state index is -0.164. The number of aliphatic imine (C=N–C) groups is 1. The minimum absolute atomic E-state index is 0.164. The van der Waals surface area contributed by atoms with Crippen molar-refractivity contribution in [2.24, 2.45) is 10.4 Å². The molecule has 0 aromatic heterocycles. The molecule has 0 aliphatic carbocycles. The second-order valence-electron chi connectivity index (χ2n) is 8.19. The maximum Gasteiger partial charge on any atom is 0.116 e. The van der Waals surface area contributed by atoms with E-state index in [2.05, 4.69) is 71.2 Å². The largest absolute Gasteiger partial charge is 0.375 e. The molecule has 0 radical (unpaired) electrons. The zero-order valence-electron chi connectivity index (χ0n) is 17.3. The van der Waals surface area contributed by atoms with Gasteiger partial charge in [-0.05, 0) is 35.1 Å². The van der Waals surface area contributed by atoms with Gasteiger partial charge in [-0.2, -0.15) is 0 Å². The Labute approximate surface area is 182 Å². The number of rotatable bonds is 5. The molecular weight excluding hydrogens is 392 g/mol. The predicted molar refractivity (Wildman–Crippen MR) is 124 cm³/mol. The fourth-order valence-electron chi connectivity index (χ4n) is 4.53. The molecule has 5 rings (SSSR count). The van der Waals surface area contributed by atoms with E-state index in [1.165, 1.54) is 21.9 Å². The molecule has 4 aliphatic heterocycles. The van der Waals surface area contributed by atoms with Gasteiger partial charge in [-0.25, -0.2) is 0 Å². The summed E-state index contributed by atoms with van der Waals surface area (Å²) in [6.45, 7) is 6.40. The van der Waals surface area contributed by atoms with Crippen LogP contribution >= 0.6 is 11.8 Å². The molecule has 5 nitrogen and oxygen atoms in total. The number of ether oxygens (including phenoxy) is 1. The molecule has 1 fully saturated rings. The maximum atomic E-state index is 6.00. The van der Waals surface area contributed by atoms with E-state index in [0.717, 1.165) is 19.6 Å². The zero-order valence-corrected chi connectivity index (χ0v) is 18.1. The average Bonchev–Trinajstić information content (AvgIpc) is 2.97. The minimum Gasteiger partial charge on any atom is -0.375 e. The highest BCUT2D eigenvalue weighted by molar-refractivity contribution is 8.03. The molecule has 2 unspecified atom stereocenters. The van der Waals surface area contributed by atoms with Crippen LogP contribution < -0.4 is 10.6 Å². The van der Waals surface area contributed by atoms with Crippen LogP contribution in [0.1, 0.15) is 12.5 Å². The standard InChI is InChI=1S/C24H28N4OS/c1-18-12-24-13-22(27-14-20(24)8-5-9-26-23(24)30-18)28-11-10-25-21(15-28)17-29-16-19-6-3-2-4-7-19/h2-9,12-14,21,23,25,27H,10-11,15-17H2,1H3/t21?,23-,24?/m1/s1. The zero-order chi connectivity index (χ0) is 20.4. The summed E-state index contributed by atoms with van der Waals surface area (Å²) in [7, 11) is 0. The molecule has 3 atom stereocenters. The summed E-state index contributed by atoms with van der Waals surface area (Å²) in [5.74, 6) is 1.18. The lowest BCUT2D eigenvalue weighted by Crippen LogP contribution is -2.54. The Balaban J connectivity index is 1.27. The predicted octanol–water partition coefficient (Wildman–Crippen LogP) is 3.41. The Morgan fingerprint density at radius 1 is 1.27 bits per heavy atom. The fourth-order valence-corrected chi connectivity index (χ4v) is 5.75. The molecule has 1 saturated heterocycles. The SMILES string of the molecule is CC1=CC23C=C(N4CCNC(COCc5ccccc5)C4)NC=C2C=CC=N[C@@H]3S1. The van der Waals surface area contributed by atoms with Crippen molar-refractivity contribution in [2.45, 2.75) is 24.9 Å². The Kier molecular flexibility index (Phi) is 5.54. The Hall–Kier alpha value is -2.28. The van der Waals surface area contributed by atoms with Crippen LogP contribution in [-0.4, -0.2) is 48.8 Å². The molecule has 0 bridgehead atoms. The van der Waals surface area contributed by atoms with Gasteiger partial charge in [-0.3, -0.25) is 4.99 Å². The number of dihydropyridines is 1. The average molecular weight is 421 g/mol. The number of thioether (sulfide) groups is 1. The number of benzene rings is 1. The van der Waals surface area contributed by atoms with E-state index in [1.807, 2.05) is 30.1 Å². The van der Waals surface area contributed by atoms with E-state index in [1.54, 1.807) is 0 Å². The quantitative estimate of drug-likeness (QED) is 0.765. The number of nitrogens with zero attached hydrogens (tertiary/aromatic N) is 2. The van der Waals surface area contributed by atoms with E-state index in [0.29, 0.717) is 19.3 Å². The fraction of sp³-hybridized carbons (Fsp3) is 0.375. The number of hydrogen-bond acceptors (Lipinski definition) is 6. The molecular formula is C24H28N4OS. The highest BCUT2D eigenvalue weighted by Crippen LogP contribution is 2.53. The van der Waals surface area contributed by atoms with Gasteiger partial charge in [0.2, 0.25) is 0 Å². The molecule has 2 N–H and O–H groups in total. The van der Waals surface area contributed by atoms with Crippen molar-refractivity contribution in [3.63, 3.8) is 0 Å². The van der Waals surface area contributed by atoms with E-state index in [-0.39, 0.29) is 10.8 Å². The van der Waals surface area contributed by atoms with Gasteiger partial charge in [0.25, 0.3) is 0 Å². The Morgan fingerprint density at radius 2 is 2.17 bits per heavy atom. The first-order chi connectivity index (χ1) is 14.7. The first-order valence-corrected chi connectivity index (χ1v) is 11.5. The molecule has 1 aromatic carbocycles.